The van der Waals surface area contributed by atoms with Crippen LogP contribution in [0.15, 0.2) is 77.7 Å². The van der Waals surface area contributed by atoms with Gasteiger partial charge in [-0.2, -0.15) is 0 Å². The summed E-state index contributed by atoms with van der Waals surface area (Å²) in [5.41, 5.74) is 3.30. The molecule has 0 aliphatic carbocycles. The topological polar surface area (TPSA) is 75.7 Å². The second kappa shape index (κ2) is 10.5. The van der Waals surface area contributed by atoms with Crippen LogP contribution in [0, 0.1) is 13.8 Å². The van der Waals surface area contributed by atoms with Gasteiger partial charge in [0.2, 0.25) is 5.91 Å². The van der Waals surface area contributed by atoms with Crippen molar-refractivity contribution in [3.8, 4) is 5.75 Å². The molecule has 174 valence electrons. The lowest BCUT2D eigenvalue weighted by Gasteiger charge is -2.26. The number of hydrogen-bond donors (Lipinski definition) is 1. The van der Waals surface area contributed by atoms with E-state index in [4.69, 9.17) is 4.74 Å². The first-order chi connectivity index (χ1) is 15.8. The van der Waals surface area contributed by atoms with E-state index in [1.54, 1.807) is 61.7 Å². The molecule has 1 atom stereocenters. The number of rotatable bonds is 9. The number of ether oxygens (including phenoxy) is 1. The number of carbonyl (C=O) groups is 1. The minimum atomic E-state index is -3.93. The predicted molar refractivity (Wildman–Crippen MR) is 131 cm³/mol. The molecule has 0 bridgehead atoms. The Balaban J connectivity index is 1.87. The monoisotopic (exact) mass is 466 g/mol. The van der Waals surface area contributed by atoms with Crippen LogP contribution in [0.4, 0.5) is 5.69 Å². The molecule has 0 fully saturated rings. The fraction of sp³-hybridized carbons (Fsp3) is 0.269. The Bertz CT molecular complexity index is 1190. The molecule has 3 aromatic rings. The van der Waals surface area contributed by atoms with Gasteiger partial charge < -0.3 is 10.1 Å². The van der Waals surface area contributed by atoms with E-state index in [-0.39, 0.29) is 23.4 Å². The van der Waals surface area contributed by atoms with Gasteiger partial charge in [-0.25, -0.2) is 8.42 Å². The zero-order chi connectivity index (χ0) is 24.0. The molecule has 0 spiro atoms. The van der Waals surface area contributed by atoms with E-state index in [0.717, 1.165) is 26.7 Å². The molecule has 0 saturated carbocycles. The van der Waals surface area contributed by atoms with Crippen LogP contribution in [0.2, 0.25) is 0 Å². The van der Waals surface area contributed by atoms with Crippen molar-refractivity contribution >= 4 is 21.6 Å². The number of methoxy groups -OCH3 is 1. The molecule has 1 N–H and O–H groups in total. The van der Waals surface area contributed by atoms with Gasteiger partial charge in [-0.1, -0.05) is 55.0 Å². The van der Waals surface area contributed by atoms with Crippen LogP contribution in [-0.2, 0) is 14.8 Å². The van der Waals surface area contributed by atoms with E-state index in [2.05, 4.69) is 5.32 Å². The van der Waals surface area contributed by atoms with Crippen molar-refractivity contribution in [2.45, 2.75) is 38.1 Å². The van der Waals surface area contributed by atoms with Crippen molar-refractivity contribution in [3.63, 3.8) is 0 Å². The number of nitrogens with zero attached hydrogens (tertiary/aromatic N) is 1. The number of amides is 1. The Morgan fingerprint density at radius 1 is 1.00 bits per heavy atom. The highest BCUT2D eigenvalue weighted by molar-refractivity contribution is 7.92. The molecule has 33 heavy (non-hydrogen) atoms. The summed E-state index contributed by atoms with van der Waals surface area (Å²) in [4.78, 5) is 13.2. The van der Waals surface area contributed by atoms with E-state index < -0.39 is 10.0 Å². The molecule has 0 aliphatic rings. The fourth-order valence-corrected chi connectivity index (χ4v) is 5.08. The van der Waals surface area contributed by atoms with Gasteiger partial charge in [-0.3, -0.25) is 9.10 Å². The summed E-state index contributed by atoms with van der Waals surface area (Å²) in [5.74, 6) is 0.397. The maximum atomic E-state index is 13.5. The molecule has 0 unspecified atom stereocenters. The molecule has 7 heteroatoms. The Hall–Kier alpha value is -3.32. The highest BCUT2D eigenvalue weighted by Crippen LogP contribution is 2.26. The molecule has 0 radical (unpaired) electrons. The number of carbonyl (C=O) groups excluding carboxylic acids is 1. The van der Waals surface area contributed by atoms with E-state index in [9.17, 15) is 13.2 Å². The number of anilines is 1. The van der Waals surface area contributed by atoms with Gasteiger partial charge in [0.25, 0.3) is 10.0 Å². The molecule has 3 aromatic carbocycles. The highest BCUT2D eigenvalue weighted by atomic mass is 32.2. The quantitative estimate of drug-likeness (QED) is 0.493. The zero-order valence-electron chi connectivity index (χ0n) is 19.4. The standard InChI is InChI=1S/C26H30N2O4S/c1-5-24(21-13-16-25(32-4)20(3)17-21)27-26(29)18-28(22-9-7-6-8-10-22)33(30,31)23-14-11-19(2)12-15-23/h6-17,24H,5,18H2,1-4H3,(H,27,29)/t24-/m1/s1. The molecular formula is C26H30N2O4S. The number of aryl methyl sites for hydroxylation is 2. The van der Waals surface area contributed by atoms with Crippen molar-refractivity contribution in [2.24, 2.45) is 0 Å². The molecule has 0 aliphatic heterocycles. The molecule has 0 aromatic heterocycles. The van der Waals surface area contributed by atoms with Crippen LogP contribution in [0.3, 0.4) is 0 Å². The summed E-state index contributed by atoms with van der Waals surface area (Å²) < 4.78 is 33.4. The molecule has 0 saturated heterocycles. The van der Waals surface area contributed by atoms with Crippen LogP contribution in [0.25, 0.3) is 0 Å². The summed E-state index contributed by atoms with van der Waals surface area (Å²) in [6, 6.07) is 20.8. The SMILES string of the molecule is CC[C@@H](NC(=O)CN(c1ccccc1)S(=O)(=O)c1ccc(C)cc1)c1ccc(OC)c(C)c1. The van der Waals surface area contributed by atoms with E-state index in [1.807, 2.05) is 39.0 Å². The van der Waals surface area contributed by atoms with Crippen molar-refractivity contribution in [1.82, 2.24) is 5.32 Å². The zero-order valence-corrected chi connectivity index (χ0v) is 20.2. The van der Waals surface area contributed by atoms with Gasteiger partial charge in [0.15, 0.2) is 0 Å². The van der Waals surface area contributed by atoms with Gasteiger partial charge >= 0.3 is 0 Å². The summed E-state index contributed by atoms with van der Waals surface area (Å²) >= 11 is 0. The average molecular weight is 467 g/mol. The lowest BCUT2D eigenvalue weighted by atomic mass is 10.0. The first-order valence-corrected chi connectivity index (χ1v) is 12.3. The number of sulfonamides is 1. The number of hydrogen-bond acceptors (Lipinski definition) is 4. The Kier molecular flexibility index (Phi) is 7.76. The third-order valence-electron chi connectivity index (χ3n) is 5.51. The van der Waals surface area contributed by atoms with Crippen molar-refractivity contribution in [3.05, 3.63) is 89.5 Å². The fourth-order valence-electron chi connectivity index (χ4n) is 3.66. The maximum Gasteiger partial charge on any atom is 0.264 e. The first-order valence-electron chi connectivity index (χ1n) is 10.8. The second-order valence-electron chi connectivity index (χ2n) is 7.92. The maximum absolute atomic E-state index is 13.5. The van der Waals surface area contributed by atoms with Gasteiger partial charge in [-0.05, 0) is 61.7 Å². The minimum Gasteiger partial charge on any atom is -0.496 e. The van der Waals surface area contributed by atoms with Crippen LogP contribution < -0.4 is 14.4 Å². The number of para-hydroxylation sites is 1. The normalized spacial score (nSPS) is 12.1. The van der Waals surface area contributed by atoms with Gasteiger partial charge in [-0.15, -0.1) is 0 Å². The van der Waals surface area contributed by atoms with Crippen molar-refractivity contribution in [2.75, 3.05) is 18.0 Å². The Morgan fingerprint density at radius 3 is 2.24 bits per heavy atom. The summed E-state index contributed by atoms with van der Waals surface area (Å²) in [7, 11) is -2.31. The van der Waals surface area contributed by atoms with Crippen LogP contribution >= 0.6 is 0 Å². The molecule has 0 heterocycles. The van der Waals surface area contributed by atoms with Crippen molar-refractivity contribution < 1.29 is 17.9 Å². The van der Waals surface area contributed by atoms with E-state index in [0.29, 0.717) is 12.1 Å². The van der Waals surface area contributed by atoms with Gasteiger partial charge in [0.1, 0.15) is 12.3 Å². The van der Waals surface area contributed by atoms with Gasteiger partial charge in [0.05, 0.1) is 23.7 Å². The Labute approximate surface area is 196 Å². The van der Waals surface area contributed by atoms with E-state index in [1.165, 1.54) is 0 Å². The minimum absolute atomic E-state index is 0.141. The number of benzene rings is 3. The van der Waals surface area contributed by atoms with Crippen LogP contribution in [0.5, 0.6) is 5.75 Å². The first kappa shape index (κ1) is 24.3. The lowest BCUT2D eigenvalue weighted by molar-refractivity contribution is -0.120. The second-order valence-corrected chi connectivity index (χ2v) is 9.78. The summed E-state index contributed by atoms with van der Waals surface area (Å²) in [6.07, 6.45) is 0.660. The van der Waals surface area contributed by atoms with Gasteiger partial charge in [0, 0.05) is 0 Å². The summed E-state index contributed by atoms with van der Waals surface area (Å²) in [6.45, 7) is 5.49. The van der Waals surface area contributed by atoms with Crippen LogP contribution in [-0.4, -0.2) is 28.0 Å². The van der Waals surface area contributed by atoms with Crippen molar-refractivity contribution in [1.29, 1.82) is 0 Å². The lowest BCUT2D eigenvalue weighted by Crippen LogP contribution is -2.42. The summed E-state index contributed by atoms with van der Waals surface area (Å²) in [5, 5.41) is 2.99. The number of nitrogens with one attached hydrogen (secondary N) is 1. The third kappa shape index (κ3) is 5.73. The predicted octanol–water partition coefficient (Wildman–Crippen LogP) is 4.77. The smallest absolute Gasteiger partial charge is 0.264 e. The highest BCUT2D eigenvalue weighted by Gasteiger charge is 2.28. The average Bonchev–Trinajstić information content (AvgIpc) is 2.81. The molecule has 1 amide bonds. The Morgan fingerprint density at radius 2 is 1.67 bits per heavy atom. The van der Waals surface area contributed by atoms with E-state index >= 15 is 0 Å². The molecule has 6 nitrogen and oxygen atoms in total. The van der Waals surface area contributed by atoms with Crippen LogP contribution in [0.1, 0.15) is 36.1 Å². The third-order valence-corrected chi connectivity index (χ3v) is 7.29. The largest absolute Gasteiger partial charge is 0.496 e. The molecule has 3 rings (SSSR count). The molecular weight excluding hydrogens is 436 g/mol.